The van der Waals surface area contributed by atoms with Crippen LogP contribution in [-0.2, 0) is 16.4 Å². The molecule has 0 atom stereocenters. The van der Waals surface area contributed by atoms with Gasteiger partial charge in [-0.25, -0.2) is 13.1 Å². The zero-order chi connectivity index (χ0) is 15.6. The van der Waals surface area contributed by atoms with Gasteiger partial charge in [0.25, 0.3) is 0 Å². The topological polar surface area (TPSA) is 111 Å². The van der Waals surface area contributed by atoms with Crippen LogP contribution in [0.4, 0.5) is 5.69 Å². The SMILES string of the molecule is Cc1noc(CCNS(=O)(=O)c2cc(C)c(C)c(N)c2)n1. The number of aryl methyl sites for hydroxylation is 2. The Bertz CT molecular complexity index is 730. The van der Waals surface area contributed by atoms with E-state index >= 15 is 0 Å². The van der Waals surface area contributed by atoms with Crippen LogP contribution in [0.2, 0.25) is 0 Å². The van der Waals surface area contributed by atoms with Gasteiger partial charge in [0.05, 0.1) is 4.90 Å². The van der Waals surface area contributed by atoms with Gasteiger partial charge in [-0.15, -0.1) is 0 Å². The van der Waals surface area contributed by atoms with E-state index in [0.717, 1.165) is 11.1 Å². The van der Waals surface area contributed by atoms with Crippen LogP contribution in [0.25, 0.3) is 0 Å². The van der Waals surface area contributed by atoms with Crippen molar-refractivity contribution in [2.45, 2.75) is 32.1 Å². The molecule has 0 aliphatic heterocycles. The number of nitrogens with zero attached hydrogens (tertiary/aromatic N) is 2. The number of hydrogen-bond donors (Lipinski definition) is 2. The molecule has 8 heteroatoms. The van der Waals surface area contributed by atoms with E-state index in [1.54, 1.807) is 13.0 Å². The second-order valence-electron chi connectivity index (χ2n) is 4.84. The average molecular weight is 310 g/mol. The maximum Gasteiger partial charge on any atom is 0.240 e. The lowest BCUT2D eigenvalue weighted by Gasteiger charge is -2.10. The summed E-state index contributed by atoms with van der Waals surface area (Å²) in [6.07, 6.45) is 0.334. The summed E-state index contributed by atoms with van der Waals surface area (Å²) >= 11 is 0. The maximum atomic E-state index is 12.2. The lowest BCUT2D eigenvalue weighted by molar-refractivity contribution is 0.375. The predicted molar refractivity (Wildman–Crippen MR) is 78.3 cm³/mol. The molecule has 0 amide bonds. The molecule has 21 heavy (non-hydrogen) atoms. The molecule has 1 aromatic heterocycles. The van der Waals surface area contributed by atoms with Crippen LogP contribution in [0.5, 0.6) is 0 Å². The van der Waals surface area contributed by atoms with Crippen LogP contribution in [0, 0.1) is 20.8 Å². The Balaban J connectivity index is 2.08. The summed E-state index contributed by atoms with van der Waals surface area (Å²) in [7, 11) is -3.61. The van der Waals surface area contributed by atoms with Crippen molar-refractivity contribution in [1.29, 1.82) is 0 Å². The van der Waals surface area contributed by atoms with Gasteiger partial charge in [0, 0.05) is 18.7 Å². The summed E-state index contributed by atoms with van der Waals surface area (Å²) in [5.74, 6) is 0.921. The number of anilines is 1. The first-order valence-corrected chi connectivity index (χ1v) is 7.93. The number of rotatable bonds is 5. The molecular weight excluding hydrogens is 292 g/mol. The normalized spacial score (nSPS) is 11.8. The molecule has 0 saturated heterocycles. The lowest BCUT2D eigenvalue weighted by atomic mass is 10.1. The van der Waals surface area contributed by atoms with Crippen LogP contribution in [0.3, 0.4) is 0 Å². The first kappa shape index (κ1) is 15.5. The molecule has 0 saturated carbocycles. The first-order valence-electron chi connectivity index (χ1n) is 6.45. The third-order valence-corrected chi connectivity index (χ3v) is 4.63. The van der Waals surface area contributed by atoms with E-state index in [1.165, 1.54) is 6.07 Å². The van der Waals surface area contributed by atoms with Crippen molar-refractivity contribution in [3.05, 3.63) is 35.0 Å². The molecule has 2 rings (SSSR count). The molecule has 0 spiro atoms. The maximum absolute atomic E-state index is 12.2. The van der Waals surface area contributed by atoms with Gasteiger partial charge in [-0.2, -0.15) is 4.98 Å². The van der Waals surface area contributed by atoms with E-state index in [0.29, 0.717) is 23.8 Å². The highest BCUT2D eigenvalue weighted by molar-refractivity contribution is 7.89. The quantitative estimate of drug-likeness (QED) is 0.800. The molecule has 114 valence electrons. The first-order chi connectivity index (χ1) is 9.79. The smallest absolute Gasteiger partial charge is 0.240 e. The zero-order valence-electron chi connectivity index (χ0n) is 12.2. The van der Waals surface area contributed by atoms with Gasteiger partial charge in [-0.05, 0) is 44.0 Å². The summed E-state index contributed by atoms with van der Waals surface area (Å²) in [6, 6.07) is 3.06. The minimum atomic E-state index is -3.61. The minimum Gasteiger partial charge on any atom is -0.398 e. The summed E-state index contributed by atoms with van der Waals surface area (Å²) in [5, 5.41) is 3.64. The number of hydrogen-bond acceptors (Lipinski definition) is 6. The predicted octanol–water partition coefficient (Wildman–Crippen LogP) is 1.10. The molecule has 7 nitrogen and oxygen atoms in total. The van der Waals surface area contributed by atoms with Crippen molar-refractivity contribution in [2.75, 3.05) is 12.3 Å². The summed E-state index contributed by atoms with van der Waals surface area (Å²) in [4.78, 5) is 4.17. The molecule has 3 N–H and O–H groups in total. The van der Waals surface area contributed by atoms with Crippen molar-refractivity contribution in [1.82, 2.24) is 14.9 Å². The van der Waals surface area contributed by atoms with E-state index in [9.17, 15) is 8.42 Å². The van der Waals surface area contributed by atoms with Crippen molar-refractivity contribution >= 4 is 15.7 Å². The van der Waals surface area contributed by atoms with Gasteiger partial charge < -0.3 is 10.3 Å². The van der Waals surface area contributed by atoms with Gasteiger partial charge in [0.1, 0.15) is 0 Å². The van der Waals surface area contributed by atoms with E-state index < -0.39 is 10.0 Å². The van der Waals surface area contributed by atoms with Crippen LogP contribution >= 0.6 is 0 Å². The monoisotopic (exact) mass is 310 g/mol. The molecule has 0 aliphatic rings. The van der Waals surface area contributed by atoms with Crippen molar-refractivity contribution in [2.24, 2.45) is 0 Å². The van der Waals surface area contributed by atoms with E-state index in [1.807, 2.05) is 13.8 Å². The molecule has 0 unspecified atom stereocenters. The van der Waals surface area contributed by atoms with Crippen LogP contribution in [-0.4, -0.2) is 25.1 Å². The Labute approximate surface area is 123 Å². The molecule has 2 aromatic rings. The minimum absolute atomic E-state index is 0.157. The number of aromatic nitrogens is 2. The summed E-state index contributed by atoms with van der Waals surface area (Å²) in [6.45, 7) is 5.56. The fraction of sp³-hybridized carbons (Fsp3) is 0.385. The number of nitrogens with two attached hydrogens (primary N) is 1. The standard InChI is InChI=1S/C13H18N4O3S/c1-8-6-11(7-12(14)9(8)2)21(18,19)15-5-4-13-16-10(3)17-20-13/h6-7,15H,4-5,14H2,1-3H3. The van der Waals surface area contributed by atoms with Gasteiger partial charge in [0.2, 0.25) is 15.9 Å². The van der Waals surface area contributed by atoms with Gasteiger partial charge in [-0.3, -0.25) is 0 Å². The Morgan fingerprint density at radius 2 is 2.00 bits per heavy atom. The fourth-order valence-corrected chi connectivity index (χ4v) is 2.98. The molecule has 1 aromatic carbocycles. The third-order valence-electron chi connectivity index (χ3n) is 3.19. The van der Waals surface area contributed by atoms with E-state index in [2.05, 4.69) is 14.9 Å². The Morgan fingerprint density at radius 3 is 2.57 bits per heavy atom. The van der Waals surface area contributed by atoms with Gasteiger partial charge >= 0.3 is 0 Å². The fourth-order valence-electron chi connectivity index (χ4n) is 1.82. The number of nitrogens with one attached hydrogen (secondary N) is 1. The Kier molecular flexibility index (Phi) is 4.29. The molecule has 0 radical (unpaired) electrons. The largest absolute Gasteiger partial charge is 0.398 e. The highest BCUT2D eigenvalue weighted by Crippen LogP contribution is 2.21. The van der Waals surface area contributed by atoms with Gasteiger partial charge in [-0.1, -0.05) is 5.16 Å². The molecular formula is C13H18N4O3S. The van der Waals surface area contributed by atoms with E-state index in [4.69, 9.17) is 10.3 Å². The van der Waals surface area contributed by atoms with E-state index in [-0.39, 0.29) is 11.4 Å². The van der Waals surface area contributed by atoms with Crippen molar-refractivity contribution in [3.8, 4) is 0 Å². The molecule has 0 aliphatic carbocycles. The highest BCUT2D eigenvalue weighted by Gasteiger charge is 2.16. The molecule has 0 bridgehead atoms. The van der Waals surface area contributed by atoms with Gasteiger partial charge in [0.15, 0.2) is 5.82 Å². The Morgan fingerprint density at radius 1 is 1.29 bits per heavy atom. The number of benzene rings is 1. The third kappa shape index (κ3) is 3.59. The number of nitrogen functional groups attached to an aromatic ring is 1. The molecule has 0 fully saturated rings. The second kappa shape index (κ2) is 5.82. The molecule has 1 heterocycles. The lowest BCUT2D eigenvalue weighted by Crippen LogP contribution is -2.26. The Hall–Kier alpha value is -1.93. The van der Waals surface area contributed by atoms with Crippen LogP contribution in [0.15, 0.2) is 21.6 Å². The highest BCUT2D eigenvalue weighted by atomic mass is 32.2. The van der Waals surface area contributed by atoms with Crippen LogP contribution < -0.4 is 10.5 Å². The number of sulfonamides is 1. The summed E-state index contributed by atoms with van der Waals surface area (Å²) in [5.41, 5.74) is 8.00. The zero-order valence-corrected chi connectivity index (χ0v) is 13.0. The second-order valence-corrected chi connectivity index (χ2v) is 6.60. The van der Waals surface area contributed by atoms with Crippen LogP contribution in [0.1, 0.15) is 22.8 Å². The summed E-state index contributed by atoms with van der Waals surface area (Å²) < 4.78 is 31.8. The van der Waals surface area contributed by atoms with Crippen molar-refractivity contribution in [3.63, 3.8) is 0 Å². The average Bonchev–Trinajstić information content (AvgIpc) is 2.81. The van der Waals surface area contributed by atoms with Crippen molar-refractivity contribution < 1.29 is 12.9 Å².